The highest BCUT2D eigenvalue weighted by Gasteiger charge is 2.37. The van der Waals surface area contributed by atoms with Crippen molar-refractivity contribution in [2.45, 2.75) is 26.7 Å². The zero-order chi connectivity index (χ0) is 23.1. The second-order valence-corrected chi connectivity index (χ2v) is 7.05. The van der Waals surface area contributed by atoms with Gasteiger partial charge in [-0.25, -0.2) is 9.69 Å². The molecular formula is C24H26N2O6. The van der Waals surface area contributed by atoms with Gasteiger partial charge >= 0.3 is 6.03 Å². The summed E-state index contributed by atoms with van der Waals surface area (Å²) < 4.78 is 16.5. The van der Waals surface area contributed by atoms with Crippen LogP contribution in [0.5, 0.6) is 17.2 Å². The van der Waals surface area contributed by atoms with Crippen molar-refractivity contribution in [3.8, 4) is 17.2 Å². The number of hydrogen-bond acceptors (Lipinski definition) is 6. The molecule has 4 amide bonds. The number of barbiturate groups is 1. The van der Waals surface area contributed by atoms with Gasteiger partial charge in [-0.05, 0) is 55.3 Å². The third-order valence-corrected chi connectivity index (χ3v) is 4.65. The predicted molar refractivity (Wildman–Crippen MR) is 120 cm³/mol. The molecule has 1 fully saturated rings. The average molecular weight is 438 g/mol. The number of imide groups is 2. The number of carbonyl (C=O) groups excluding carboxylic acids is 3. The lowest BCUT2D eigenvalue weighted by molar-refractivity contribution is -0.122. The van der Waals surface area contributed by atoms with Crippen molar-refractivity contribution in [2.75, 3.05) is 25.2 Å². The molecule has 0 saturated carbocycles. The molecular weight excluding hydrogens is 412 g/mol. The summed E-state index contributed by atoms with van der Waals surface area (Å²) in [6.07, 6.45) is 3.06. The fourth-order valence-electron chi connectivity index (χ4n) is 3.06. The summed E-state index contributed by atoms with van der Waals surface area (Å²) in [5.74, 6) is 0.193. The average Bonchev–Trinajstić information content (AvgIpc) is 2.80. The van der Waals surface area contributed by atoms with Gasteiger partial charge in [0.05, 0.1) is 26.0 Å². The van der Waals surface area contributed by atoms with Crippen LogP contribution in [-0.4, -0.2) is 38.2 Å². The minimum absolute atomic E-state index is 0.178. The summed E-state index contributed by atoms with van der Waals surface area (Å²) in [6.45, 7) is 4.99. The highest BCUT2D eigenvalue weighted by atomic mass is 16.5. The Morgan fingerprint density at radius 2 is 1.56 bits per heavy atom. The van der Waals surface area contributed by atoms with Crippen molar-refractivity contribution in [1.29, 1.82) is 0 Å². The van der Waals surface area contributed by atoms with Crippen molar-refractivity contribution in [2.24, 2.45) is 0 Å². The standard InChI is InChI=1S/C24H26N2O6/c1-4-12-31-18-10-7-17(8-11-18)26-23(28)20(22(27)25-24(26)29)14-16-6-9-19(30-3)15-21(16)32-13-5-2/h6-11,14-15H,4-5,12-13H2,1-3H3,(H,25,27,29)/b20-14-. The molecule has 168 valence electrons. The van der Waals surface area contributed by atoms with E-state index in [1.54, 1.807) is 42.5 Å². The Bertz CT molecular complexity index is 1030. The zero-order valence-corrected chi connectivity index (χ0v) is 18.3. The number of methoxy groups -OCH3 is 1. The topological polar surface area (TPSA) is 94.2 Å². The third-order valence-electron chi connectivity index (χ3n) is 4.65. The van der Waals surface area contributed by atoms with Gasteiger partial charge in [0.15, 0.2) is 0 Å². The molecule has 1 aliphatic heterocycles. The molecule has 0 atom stereocenters. The summed E-state index contributed by atoms with van der Waals surface area (Å²) >= 11 is 0. The molecule has 1 saturated heterocycles. The van der Waals surface area contributed by atoms with Crippen molar-refractivity contribution in [3.63, 3.8) is 0 Å². The van der Waals surface area contributed by atoms with E-state index in [1.807, 2.05) is 13.8 Å². The van der Waals surface area contributed by atoms with Gasteiger partial charge in [-0.2, -0.15) is 0 Å². The number of anilines is 1. The minimum Gasteiger partial charge on any atom is -0.497 e. The van der Waals surface area contributed by atoms with Gasteiger partial charge in [-0.1, -0.05) is 13.8 Å². The van der Waals surface area contributed by atoms with Crippen LogP contribution >= 0.6 is 0 Å². The molecule has 8 heteroatoms. The number of rotatable bonds is 9. The Balaban J connectivity index is 1.94. The molecule has 2 aromatic carbocycles. The van der Waals surface area contributed by atoms with Crippen molar-refractivity contribution in [1.82, 2.24) is 5.32 Å². The van der Waals surface area contributed by atoms with E-state index < -0.39 is 17.8 Å². The lowest BCUT2D eigenvalue weighted by Crippen LogP contribution is -2.54. The Morgan fingerprint density at radius 3 is 2.22 bits per heavy atom. The van der Waals surface area contributed by atoms with Gasteiger partial charge in [-0.3, -0.25) is 14.9 Å². The first-order valence-electron chi connectivity index (χ1n) is 10.4. The Hall–Kier alpha value is -3.81. The van der Waals surface area contributed by atoms with Crippen LogP contribution in [0.4, 0.5) is 10.5 Å². The van der Waals surface area contributed by atoms with Crippen LogP contribution in [0.25, 0.3) is 6.08 Å². The van der Waals surface area contributed by atoms with E-state index in [2.05, 4.69) is 5.32 Å². The lowest BCUT2D eigenvalue weighted by Gasteiger charge is -2.26. The number of ether oxygens (including phenoxy) is 3. The van der Waals surface area contributed by atoms with Crippen molar-refractivity contribution < 1.29 is 28.6 Å². The molecule has 1 N–H and O–H groups in total. The maximum atomic E-state index is 13.1. The van der Waals surface area contributed by atoms with Crippen LogP contribution in [0.2, 0.25) is 0 Å². The number of hydrogen-bond donors (Lipinski definition) is 1. The fourth-order valence-corrected chi connectivity index (χ4v) is 3.06. The normalized spacial score (nSPS) is 15.0. The Kier molecular flexibility index (Phi) is 7.49. The number of carbonyl (C=O) groups is 3. The molecule has 0 bridgehead atoms. The monoisotopic (exact) mass is 438 g/mol. The summed E-state index contributed by atoms with van der Waals surface area (Å²) in [7, 11) is 1.54. The summed E-state index contributed by atoms with van der Waals surface area (Å²) in [5, 5.41) is 2.22. The maximum Gasteiger partial charge on any atom is 0.335 e. The van der Waals surface area contributed by atoms with Gasteiger partial charge in [0.2, 0.25) is 0 Å². The zero-order valence-electron chi connectivity index (χ0n) is 18.3. The summed E-state index contributed by atoms with van der Waals surface area (Å²) in [4.78, 5) is 39.0. The molecule has 3 rings (SSSR count). The van der Waals surface area contributed by atoms with E-state index in [-0.39, 0.29) is 5.57 Å². The van der Waals surface area contributed by atoms with Gasteiger partial charge in [0.25, 0.3) is 11.8 Å². The van der Waals surface area contributed by atoms with Crippen LogP contribution in [0.15, 0.2) is 48.0 Å². The maximum absolute atomic E-state index is 13.1. The summed E-state index contributed by atoms with van der Waals surface area (Å²) in [6, 6.07) is 10.8. The first-order valence-corrected chi connectivity index (χ1v) is 10.4. The van der Waals surface area contributed by atoms with E-state index in [1.165, 1.54) is 13.2 Å². The van der Waals surface area contributed by atoms with Crippen LogP contribution in [-0.2, 0) is 9.59 Å². The molecule has 0 aliphatic carbocycles. The lowest BCUT2D eigenvalue weighted by atomic mass is 10.1. The van der Waals surface area contributed by atoms with E-state index in [4.69, 9.17) is 14.2 Å². The second kappa shape index (κ2) is 10.5. The third kappa shape index (κ3) is 5.08. The van der Waals surface area contributed by atoms with Crippen LogP contribution < -0.4 is 24.4 Å². The Labute approximate surface area is 186 Å². The number of nitrogens with zero attached hydrogens (tertiary/aromatic N) is 1. The first-order chi connectivity index (χ1) is 15.5. The number of amides is 4. The fraction of sp³-hybridized carbons (Fsp3) is 0.292. The van der Waals surface area contributed by atoms with Crippen LogP contribution in [0.3, 0.4) is 0 Å². The van der Waals surface area contributed by atoms with Gasteiger partial charge in [-0.15, -0.1) is 0 Å². The van der Waals surface area contributed by atoms with E-state index in [0.717, 1.165) is 17.7 Å². The molecule has 0 unspecified atom stereocenters. The highest BCUT2D eigenvalue weighted by molar-refractivity contribution is 6.39. The number of benzene rings is 2. The quantitative estimate of drug-likeness (QED) is 0.471. The number of nitrogens with one attached hydrogen (secondary N) is 1. The second-order valence-electron chi connectivity index (χ2n) is 7.05. The molecule has 0 radical (unpaired) electrons. The molecule has 0 aromatic heterocycles. The van der Waals surface area contributed by atoms with Crippen molar-refractivity contribution >= 4 is 29.6 Å². The minimum atomic E-state index is -0.809. The SMILES string of the molecule is CCCOc1ccc(N2C(=O)NC(=O)/C(=C/c3ccc(OC)cc3OCCC)C2=O)cc1. The molecule has 1 heterocycles. The van der Waals surface area contributed by atoms with Crippen LogP contribution in [0.1, 0.15) is 32.3 Å². The molecule has 8 nitrogen and oxygen atoms in total. The molecule has 0 spiro atoms. The molecule has 2 aromatic rings. The number of urea groups is 1. The van der Waals surface area contributed by atoms with E-state index in [0.29, 0.717) is 41.7 Å². The first kappa shape index (κ1) is 22.9. The van der Waals surface area contributed by atoms with Gasteiger partial charge in [0, 0.05) is 11.6 Å². The summed E-state index contributed by atoms with van der Waals surface area (Å²) in [5.41, 5.74) is 0.671. The predicted octanol–water partition coefficient (Wildman–Crippen LogP) is 3.94. The van der Waals surface area contributed by atoms with Crippen LogP contribution in [0, 0.1) is 0 Å². The van der Waals surface area contributed by atoms with E-state index in [9.17, 15) is 14.4 Å². The smallest absolute Gasteiger partial charge is 0.335 e. The van der Waals surface area contributed by atoms with Gasteiger partial charge < -0.3 is 14.2 Å². The largest absolute Gasteiger partial charge is 0.497 e. The van der Waals surface area contributed by atoms with E-state index >= 15 is 0 Å². The molecule has 1 aliphatic rings. The van der Waals surface area contributed by atoms with Crippen molar-refractivity contribution in [3.05, 3.63) is 53.6 Å². The molecule has 32 heavy (non-hydrogen) atoms. The van der Waals surface area contributed by atoms with Gasteiger partial charge in [0.1, 0.15) is 22.8 Å². The Morgan fingerprint density at radius 1 is 0.906 bits per heavy atom. The highest BCUT2D eigenvalue weighted by Crippen LogP contribution is 2.29.